The van der Waals surface area contributed by atoms with Crippen LogP contribution in [0.15, 0.2) is 65.9 Å². The number of para-hydroxylation sites is 1. The summed E-state index contributed by atoms with van der Waals surface area (Å²) in [5.74, 6) is -0.608. The lowest BCUT2D eigenvalue weighted by atomic mass is 9.82. The summed E-state index contributed by atoms with van der Waals surface area (Å²) < 4.78 is 5.41. The Labute approximate surface area is 165 Å². The molecule has 28 heavy (non-hydrogen) atoms. The van der Waals surface area contributed by atoms with Gasteiger partial charge in [0.2, 0.25) is 0 Å². The molecule has 146 valence electrons. The average molecular weight is 379 g/mol. The van der Waals surface area contributed by atoms with Gasteiger partial charge in [0.1, 0.15) is 5.75 Å². The number of ether oxygens (including phenoxy) is 1. The molecule has 2 aromatic carbocycles. The molecule has 1 amide bonds. The summed E-state index contributed by atoms with van der Waals surface area (Å²) in [7, 11) is 1.57. The van der Waals surface area contributed by atoms with Gasteiger partial charge >= 0.3 is 0 Å². The predicted molar refractivity (Wildman–Crippen MR) is 107 cm³/mol. The fraction of sp³-hybridized carbons (Fsp3) is 0.304. The van der Waals surface area contributed by atoms with Gasteiger partial charge < -0.3 is 14.7 Å². The van der Waals surface area contributed by atoms with Gasteiger partial charge in [-0.3, -0.25) is 9.59 Å². The first kappa shape index (κ1) is 19.7. The Morgan fingerprint density at radius 2 is 1.68 bits per heavy atom. The van der Waals surface area contributed by atoms with E-state index in [2.05, 4.69) is 0 Å². The van der Waals surface area contributed by atoms with Crippen LogP contribution < -0.4 is 4.74 Å². The number of rotatable bonds is 5. The summed E-state index contributed by atoms with van der Waals surface area (Å²) in [5, 5.41) is 10.6. The summed E-state index contributed by atoms with van der Waals surface area (Å²) in [6.07, 6.45) is 0. The lowest BCUT2D eigenvalue weighted by Gasteiger charge is -2.29. The summed E-state index contributed by atoms with van der Waals surface area (Å²) in [6.45, 7) is 5.56. The molecule has 1 aliphatic rings. The Morgan fingerprint density at radius 1 is 1.07 bits per heavy atom. The van der Waals surface area contributed by atoms with Gasteiger partial charge in [-0.25, -0.2) is 0 Å². The minimum absolute atomic E-state index is 0.151. The van der Waals surface area contributed by atoms with Crippen LogP contribution in [0.2, 0.25) is 0 Å². The van der Waals surface area contributed by atoms with E-state index in [0.29, 0.717) is 5.75 Å². The highest BCUT2D eigenvalue weighted by atomic mass is 16.5. The third-order valence-corrected chi connectivity index (χ3v) is 4.88. The molecule has 0 aromatic heterocycles. The number of hydrogen-bond donors (Lipinski definition) is 1. The van der Waals surface area contributed by atoms with E-state index in [9.17, 15) is 14.7 Å². The van der Waals surface area contributed by atoms with Gasteiger partial charge in [0.15, 0.2) is 11.5 Å². The molecule has 1 aliphatic heterocycles. The molecule has 0 aliphatic carbocycles. The van der Waals surface area contributed by atoms with E-state index in [4.69, 9.17) is 4.74 Å². The zero-order valence-corrected chi connectivity index (χ0v) is 16.6. The third-order valence-electron chi connectivity index (χ3n) is 4.88. The van der Waals surface area contributed by atoms with Gasteiger partial charge in [0, 0.05) is 11.0 Å². The quantitative estimate of drug-likeness (QED) is 0.845. The average Bonchev–Trinajstić information content (AvgIpc) is 2.92. The lowest BCUT2D eigenvalue weighted by Crippen LogP contribution is -2.32. The fourth-order valence-electron chi connectivity index (χ4n) is 3.45. The lowest BCUT2D eigenvalue weighted by molar-refractivity contribution is -0.130. The number of Topliss-reactive ketones (excluding diaryl/α,β-unsaturated/α-hetero) is 1. The van der Waals surface area contributed by atoms with E-state index in [1.54, 1.807) is 27.9 Å². The van der Waals surface area contributed by atoms with Crippen LogP contribution in [0.5, 0.6) is 5.75 Å². The monoisotopic (exact) mass is 379 g/mol. The number of hydrogen-bond acceptors (Lipinski definition) is 4. The number of ketones is 1. The Bertz CT molecular complexity index is 925. The Balaban J connectivity index is 2.10. The van der Waals surface area contributed by atoms with Crippen LogP contribution in [-0.4, -0.2) is 28.8 Å². The minimum Gasteiger partial charge on any atom is -0.503 e. The summed E-state index contributed by atoms with van der Waals surface area (Å²) in [6, 6.07) is 16.1. The molecule has 0 saturated heterocycles. The molecule has 0 spiro atoms. The number of aliphatic hydroxyl groups excluding tert-OH is 1. The largest absolute Gasteiger partial charge is 0.503 e. The van der Waals surface area contributed by atoms with E-state index in [-0.39, 0.29) is 17.9 Å². The molecule has 1 N–H and O–H groups in total. The Hall–Kier alpha value is -3.08. The van der Waals surface area contributed by atoms with Crippen molar-refractivity contribution in [1.82, 2.24) is 4.90 Å². The molecule has 1 heterocycles. The van der Waals surface area contributed by atoms with Gasteiger partial charge in [-0.2, -0.15) is 0 Å². The second kappa shape index (κ2) is 7.50. The van der Waals surface area contributed by atoms with Crippen LogP contribution in [0.25, 0.3) is 0 Å². The number of carbonyl (C=O) groups excluding carboxylic acids is 2. The summed E-state index contributed by atoms with van der Waals surface area (Å²) in [5.41, 5.74) is 1.01. The number of methoxy groups -OCH3 is 1. The maximum atomic E-state index is 13.1. The first-order chi connectivity index (χ1) is 13.3. The maximum Gasteiger partial charge on any atom is 0.290 e. The third kappa shape index (κ3) is 3.52. The van der Waals surface area contributed by atoms with E-state index >= 15 is 0 Å². The summed E-state index contributed by atoms with van der Waals surface area (Å²) in [4.78, 5) is 27.6. The van der Waals surface area contributed by atoms with Crippen LogP contribution in [0.4, 0.5) is 0 Å². The highest BCUT2D eigenvalue weighted by Crippen LogP contribution is 2.42. The zero-order valence-electron chi connectivity index (χ0n) is 16.6. The highest BCUT2D eigenvalue weighted by Gasteiger charge is 2.46. The van der Waals surface area contributed by atoms with Crippen molar-refractivity contribution in [2.24, 2.45) is 5.41 Å². The van der Waals surface area contributed by atoms with Crippen LogP contribution in [0, 0.1) is 5.41 Å². The van der Waals surface area contributed by atoms with Gasteiger partial charge in [-0.05, 0) is 11.6 Å². The van der Waals surface area contributed by atoms with Crippen LogP contribution in [0.1, 0.15) is 37.9 Å². The van der Waals surface area contributed by atoms with Crippen molar-refractivity contribution >= 4 is 11.7 Å². The van der Waals surface area contributed by atoms with E-state index in [0.717, 1.165) is 11.1 Å². The normalized spacial score (nSPS) is 17.2. The van der Waals surface area contributed by atoms with Gasteiger partial charge in [0.05, 0.1) is 25.3 Å². The molecule has 0 radical (unpaired) electrons. The predicted octanol–water partition coefficient (Wildman–Crippen LogP) is 4.21. The molecule has 1 atom stereocenters. The molecule has 0 saturated carbocycles. The smallest absolute Gasteiger partial charge is 0.290 e. The van der Waals surface area contributed by atoms with Crippen molar-refractivity contribution in [1.29, 1.82) is 0 Å². The molecule has 1 unspecified atom stereocenters. The van der Waals surface area contributed by atoms with Gasteiger partial charge in [0.25, 0.3) is 5.91 Å². The fourth-order valence-corrected chi connectivity index (χ4v) is 3.45. The van der Waals surface area contributed by atoms with Crippen LogP contribution >= 0.6 is 0 Å². The van der Waals surface area contributed by atoms with Crippen molar-refractivity contribution in [2.75, 3.05) is 7.11 Å². The first-order valence-electron chi connectivity index (χ1n) is 9.21. The van der Waals surface area contributed by atoms with Crippen molar-refractivity contribution in [2.45, 2.75) is 33.4 Å². The topological polar surface area (TPSA) is 66.8 Å². The first-order valence-corrected chi connectivity index (χ1v) is 9.21. The molecular formula is C23H25NO4. The molecule has 0 fully saturated rings. The Kier molecular flexibility index (Phi) is 5.27. The molecule has 0 bridgehead atoms. The molecular weight excluding hydrogens is 354 g/mol. The number of carbonyl (C=O) groups is 2. The SMILES string of the molecule is COc1ccccc1CN1C(=O)C(O)=C(C(=O)C(C)(C)C)C1c1ccccc1. The number of benzene rings is 2. The van der Waals surface area contributed by atoms with E-state index in [1.807, 2.05) is 54.6 Å². The van der Waals surface area contributed by atoms with Crippen molar-refractivity contribution in [3.05, 3.63) is 77.1 Å². The zero-order chi connectivity index (χ0) is 20.5. The molecule has 5 nitrogen and oxygen atoms in total. The maximum absolute atomic E-state index is 13.1. The van der Waals surface area contributed by atoms with Gasteiger partial charge in [-0.15, -0.1) is 0 Å². The molecule has 3 rings (SSSR count). The number of nitrogens with zero attached hydrogens (tertiary/aromatic N) is 1. The highest BCUT2D eigenvalue weighted by molar-refractivity contribution is 6.10. The molecule has 2 aromatic rings. The van der Waals surface area contributed by atoms with Gasteiger partial charge in [-0.1, -0.05) is 69.3 Å². The second-order valence-electron chi connectivity index (χ2n) is 7.90. The van der Waals surface area contributed by atoms with Crippen LogP contribution in [0.3, 0.4) is 0 Å². The van der Waals surface area contributed by atoms with Crippen LogP contribution in [-0.2, 0) is 16.1 Å². The summed E-state index contributed by atoms with van der Waals surface area (Å²) >= 11 is 0. The van der Waals surface area contributed by atoms with E-state index < -0.39 is 23.1 Å². The molecule has 5 heteroatoms. The van der Waals surface area contributed by atoms with Crippen molar-refractivity contribution in [3.63, 3.8) is 0 Å². The minimum atomic E-state index is -0.725. The van der Waals surface area contributed by atoms with E-state index in [1.165, 1.54) is 4.90 Å². The number of amides is 1. The number of aliphatic hydroxyl groups is 1. The Morgan fingerprint density at radius 3 is 2.29 bits per heavy atom. The van der Waals surface area contributed by atoms with Crippen molar-refractivity contribution in [3.8, 4) is 5.75 Å². The second-order valence-corrected chi connectivity index (χ2v) is 7.90. The standard InChI is InChI=1S/C23H25NO4/c1-23(2,3)21(26)18-19(15-10-6-5-7-11-15)24(22(27)20(18)25)14-16-12-8-9-13-17(16)28-4/h5-13,19,25H,14H2,1-4H3. The van der Waals surface area contributed by atoms with Crippen molar-refractivity contribution < 1.29 is 19.4 Å².